The average Bonchev–Trinajstić information content (AvgIpc) is 2.80. The number of rotatable bonds is 4. The highest BCUT2D eigenvalue weighted by Crippen LogP contribution is 2.44. The van der Waals surface area contributed by atoms with Crippen LogP contribution in [0, 0.1) is 23.2 Å². The van der Waals surface area contributed by atoms with Gasteiger partial charge >= 0.3 is 5.97 Å². The minimum Gasteiger partial charge on any atom is -0.481 e. The van der Waals surface area contributed by atoms with E-state index in [9.17, 15) is 9.90 Å². The molecule has 0 bridgehead atoms. The summed E-state index contributed by atoms with van der Waals surface area (Å²) < 4.78 is 1.89. The number of hydrogen-bond acceptors (Lipinski definition) is 2. The third kappa shape index (κ3) is 3.86. The van der Waals surface area contributed by atoms with Gasteiger partial charge < -0.3 is 5.11 Å². The molecule has 0 aliphatic heterocycles. The fourth-order valence-electron chi connectivity index (χ4n) is 3.67. The van der Waals surface area contributed by atoms with Crippen LogP contribution in [0.25, 0.3) is 0 Å². The third-order valence-electron chi connectivity index (χ3n) is 5.22. The standard InChI is InChI=1S/C17H28N2O2/c1-17(2,3)13-6-8-15(16(20)21)12(11-13)5-7-14-9-10-18-19(14)4/h9-10,12-13,15H,5-8,11H2,1-4H3,(H,20,21). The first-order valence-electron chi connectivity index (χ1n) is 7.98. The molecular formula is C17H28N2O2. The van der Waals surface area contributed by atoms with Crippen LogP contribution in [-0.2, 0) is 18.3 Å². The summed E-state index contributed by atoms with van der Waals surface area (Å²) in [6, 6.07) is 2.03. The number of nitrogens with zero attached hydrogens (tertiary/aromatic N) is 2. The van der Waals surface area contributed by atoms with Crippen LogP contribution >= 0.6 is 0 Å². The second-order valence-corrected chi connectivity index (χ2v) is 7.57. The lowest BCUT2D eigenvalue weighted by Gasteiger charge is -2.40. The molecule has 1 fully saturated rings. The Labute approximate surface area is 127 Å². The number of aliphatic carboxylic acids is 1. The molecule has 0 spiro atoms. The predicted molar refractivity (Wildman–Crippen MR) is 82.9 cm³/mol. The van der Waals surface area contributed by atoms with E-state index < -0.39 is 5.97 Å². The maximum Gasteiger partial charge on any atom is 0.306 e. The van der Waals surface area contributed by atoms with Crippen molar-refractivity contribution in [3.05, 3.63) is 18.0 Å². The molecule has 4 nitrogen and oxygen atoms in total. The summed E-state index contributed by atoms with van der Waals surface area (Å²) in [5.41, 5.74) is 1.46. The van der Waals surface area contributed by atoms with Crippen molar-refractivity contribution in [3.8, 4) is 0 Å². The van der Waals surface area contributed by atoms with Crippen molar-refractivity contribution in [2.45, 2.75) is 52.9 Å². The highest BCUT2D eigenvalue weighted by atomic mass is 16.4. The fraction of sp³-hybridized carbons (Fsp3) is 0.765. The van der Waals surface area contributed by atoms with Gasteiger partial charge in [-0.05, 0) is 55.4 Å². The van der Waals surface area contributed by atoms with Gasteiger partial charge in [0, 0.05) is 18.9 Å². The van der Waals surface area contributed by atoms with Crippen molar-refractivity contribution in [3.63, 3.8) is 0 Å². The van der Waals surface area contributed by atoms with Gasteiger partial charge in [-0.1, -0.05) is 20.8 Å². The van der Waals surface area contributed by atoms with Gasteiger partial charge in [0.05, 0.1) is 5.92 Å². The van der Waals surface area contributed by atoms with Crippen LogP contribution in [0.1, 0.15) is 52.1 Å². The minimum atomic E-state index is -0.614. The molecule has 1 aliphatic rings. The minimum absolute atomic E-state index is 0.170. The molecule has 0 saturated heterocycles. The summed E-state index contributed by atoms with van der Waals surface area (Å²) in [5.74, 6) is 0.134. The normalized spacial score (nSPS) is 26.8. The van der Waals surface area contributed by atoms with E-state index in [0.29, 0.717) is 5.92 Å². The Balaban J connectivity index is 2.04. The first-order chi connectivity index (χ1) is 9.79. The molecule has 1 saturated carbocycles. The van der Waals surface area contributed by atoms with Crippen LogP contribution in [0.4, 0.5) is 0 Å². The molecule has 3 unspecified atom stereocenters. The molecular weight excluding hydrogens is 264 g/mol. The zero-order valence-electron chi connectivity index (χ0n) is 13.7. The zero-order valence-corrected chi connectivity index (χ0v) is 13.7. The first-order valence-corrected chi connectivity index (χ1v) is 7.98. The molecule has 4 heteroatoms. The summed E-state index contributed by atoms with van der Waals surface area (Å²) in [5, 5.41) is 13.7. The SMILES string of the molecule is Cn1nccc1CCC1CC(C(C)(C)C)CCC1C(=O)O. The van der Waals surface area contributed by atoms with Crippen molar-refractivity contribution in [2.75, 3.05) is 0 Å². The molecule has 1 heterocycles. The maximum absolute atomic E-state index is 11.5. The summed E-state index contributed by atoms with van der Waals surface area (Å²) >= 11 is 0. The topological polar surface area (TPSA) is 55.1 Å². The third-order valence-corrected chi connectivity index (χ3v) is 5.22. The van der Waals surface area contributed by atoms with Gasteiger partial charge in [-0.2, -0.15) is 5.10 Å². The van der Waals surface area contributed by atoms with Crippen LogP contribution in [0.5, 0.6) is 0 Å². The lowest BCUT2D eigenvalue weighted by atomic mass is 9.64. The van der Waals surface area contributed by atoms with Crippen molar-refractivity contribution >= 4 is 5.97 Å². The number of carboxylic acids is 1. The molecule has 21 heavy (non-hydrogen) atoms. The van der Waals surface area contributed by atoms with Gasteiger partial charge in [-0.15, -0.1) is 0 Å². The van der Waals surface area contributed by atoms with Crippen molar-refractivity contribution in [1.29, 1.82) is 0 Å². The number of carboxylic acid groups (broad SMARTS) is 1. The Morgan fingerprint density at radius 2 is 2.14 bits per heavy atom. The second-order valence-electron chi connectivity index (χ2n) is 7.57. The number of carbonyl (C=O) groups is 1. The van der Waals surface area contributed by atoms with Gasteiger partial charge in [0.1, 0.15) is 0 Å². The molecule has 1 aromatic rings. The summed E-state index contributed by atoms with van der Waals surface area (Å²) in [6.07, 6.45) is 6.59. The van der Waals surface area contributed by atoms with Crippen LogP contribution in [0.3, 0.4) is 0 Å². The lowest BCUT2D eigenvalue weighted by Crippen LogP contribution is -2.35. The van der Waals surface area contributed by atoms with Crippen LogP contribution in [0.15, 0.2) is 12.3 Å². The van der Waals surface area contributed by atoms with Crippen LogP contribution in [-0.4, -0.2) is 20.9 Å². The van der Waals surface area contributed by atoms with E-state index in [0.717, 1.165) is 32.1 Å². The monoisotopic (exact) mass is 292 g/mol. The molecule has 0 amide bonds. The summed E-state index contributed by atoms with van der Waals surface area (Å²) in [4.78, 5) is 11.5. The van der Waals surface area contributed by atoms with Gasteiger partial charge in [0.15, 0.2) is 0 Å². The predicted octanol–water partition coefficient (Wildman–Crippen LogP) is 3.52. The highest BCUT2D eigenvalue weighted by Gasteiger charge is 2.38. The van der Waals surface area contributed by atoms with Gasteiger partial charge in [0.2, 0.25) is 0 Å². The van der Waals surface area contributed by atoms with E-state index in [1.807, 2.05) is 24.0 Å². The fourth-order valence-corrected chi connectivity index (χ4v) is 3.67. The van der Waals surface area contributed by atoms with E-state index in [4.69, 9.17) is 0 Å². The summed E-state index contributed by atoms with van der Waals surface area (Å²) in [7, 11) is 1.95. The molecule has 1 aliphatic carbocycles. The molecule has 0 radical (unpaired) electrons. The van der Waals surface area contributed by atoms with E-state index in [2.05, 4.69) is 25.9 Å². The molecule has 2 rings (SSSR count). The Hall–Kier alpha value is -1.32. The van der Waals surface area contributed by atoms with Crippen LogP contribution in [0.2, 0.25) is 0 Å². The average molecular weight is 292 g/mol. The van der Waals surface area contributed by atoms with Crippen molar-refractivity contribution in [2.24, 2.45) is 30.2 Å². The molecule has 1 aromatic heterocycles. The molecule has 118 valence electrons. The maximum atomic E-state index is 11.5. The van der Waals surface area contributed by atoms with E-state index in [1.165, 1.54) is 5.69 Å². The van der Waals surface area contributed by atoms with Gasteiger partial charge in [0.25, 0.3) is 0 Å². The molecule has 3 atom stereocenters. The smallest absolute Gasteiger partial charge is 0.306 e. The lowest BCUT2D eigenvalue weighted by molar-refractivity contribution is -0.146. The second kappa shape index (κ2) is 6.20. The zero-order chi connectivity index (χ0) is 15.6. The first kappa shape index (κ1) is 16.1. The Kier molecular flexibility index (Phi) is 4.74. The van der Waals surface area contributed by atoms with Crippen LogP contribution < -0.4 is 0 Å². The number of aryl methyl sites for hydroxylation is 2. The molecule has 0 aromatic carbocycles. The van der Waals surface area contributed by atoms with Gasteiger partial charge in [-0.3, -0.25) is 9.48 Å². The molecule has 1 N–H and O–H groups in total. The van der Waals surface area contributed by atoms with E-state index >= 15 is 0 Å². The summed E-state index contributed by atoms with van der Waals surface area (Å²) in [6.45, 7) is 6.82. The quantitative estimate of drug-likeness (QED) is 0.924. The van der Waals surface area contributed by atoms with E-state index in [-0.39, 0.29) is 17.3 Å². The van der Waals surface area contributed by atoms with Gasteiger partial charge in [-0.25, -0.2) is 0 Å². The highest BCUT2D eigenvalue weighted by molar-refractivity contribution is 5.70. The van der Waals surface area contributed by atoms with E-state index in [1.54, 1.807) is 0 Å². The Bertz CT molecular complexity index is 487. The number of aromatic nitrogens is 2. The Morgan fingerprint density at radius 3 is 2.67 bits per heavy atom. The number of hydrogen-bond donors (Lipinski definition) is 1. The Morgan fingerprint density at radius 1 is 1.43 bits per heavy atom. The van der Waals surface area contributed by atoms with Crippen molar-refractivity contribution < 1.29 is 9.90 Å². The van der Waals surface area contributed by atoms with Crippen molar-refractivity contribution in [1.82, 2.24) is 9.78 Å². The largest absolute Gasteiger partial charge is 0.481 e.